The van der Waals surface area contributed by atoms with Crippen molar-refractivity contribution in [3.8, 4) is 0 Å². The zero-order valence-electron chi connectivity index (χ0n) is 11.0. The average molecular weight is 273 g/mol. The van der Waals surface area contributed by atoms with Crippen molar-refractivity contribution in [3.63, 3.8) is 0 Å². The summed E-state index contributed by atoms with van der Waals surface area (Å²) in [5.74, 6) is -1.50. The third kappa shape index (κ3) is 3.54. The molecule has 0 fully saturated rings. The SMILES string of the molecule is Nc1nccc(C(=O)NCCCc2ccccc2)c1F. The van der Waals surface area contributed by atoms with Crippen molar-refractivity contribution in [2.45, 2.75) is 12.8 Å². The van der Waals surface area contributed by atoms with Crippen molar-refractivity contribution >= 4 is 11.7 Å². The first-order chi connectivity index (χ1) is 9.68. The number of nitrogens with zero attached hydrogens (tertiary/aromatic N) is 1. The zero-order valence-corrected chi connectivity index (χ0v) is 11.0. The van der Waals surface area contributed by atoms with Crippen molar-refractivity contribution in [1.82, 2.24) is 10.3 Å². The molecule has 5 heteroatoms. The average Bonchev–Trinajstić information content (AvgIpc) is 2.47. The third-order valence-electron chi connectivity index (χ3n) is 2.93. The van der Waals surface area contributed by atoms with E-state index in [4.69, 9.17) is 5.73 Å². The summed E-state index contributed by atoms with van der Waals surface area (Å²) in [6.07, 6.45) is 2.97. The van der Waals surface area contributed by atoms with Crippen LogP contribution in [-0.2, 0) is 6.42 Å². The molecule has 1 amide bonds. The van der Waals surface area contributed by atoms with Crippen LogP contribution in [0.1, 0.15) is 22.3 Å². The maximum atomic E-state index is 13.6. The summed E-state index contributed by atoms with van der Waals surface area (Å²) in [4.78, 5) is 15.4. The van der Waals surface area contributed by atoms with Crippen LogP contribution in [0.4, 0.5) is 10.2 Å². The quantitative estimate of drug-likeness (QED) is 0.820. The monoisotopic (exact) mass is 273 g/mol. The van der Waals surface area contributed by atoms with Crippen LogP contribution < -0.4 is 11.1 Å². The van der Waals surface area contributed by atoms with Gasteiger partial charge in [-0.05, 0) is 24.5 Å². The first-order valence-electron chi connectivity index (χ1n) is 6.40. The number of nitrogens with one attached hydrogen (secondary N) is 1. The van der Waals surface area contributed by atoms with E-state index in [9.17, 15) is 9.18 Å². The molecule has 0 saturated carbocycles. The maximum absolute atomic E-state index is 13.6. The van der Waals surface area contributed by atoms with Gasteiger partial charge < -0.3 is 11.1 Å². The fourth-order valence-corrected chi connectivity index (χ4v) is 1.87. The van der Waals surface area contributed by atoms with Gasteiger partial charge in [-0.25, -0.2) is 9.37 Å². The molecule has 1 aromatic carbocycles. The molecule has 20 heavy (non-hydrogen) atoms. The summed E-state index contributed by atoms with van der Waals surface area (Å²) in [6.45, 7) is 0.482. The Bertz CT molecular complexity index is 587. The Labute approximate surface area is 116 Å². The van der Waals surface area contributed by atoms with E-state index >= 15 is 0 Å². The number of hydrogen-bond donors (Lipinski definition) is 2. The molecule has 4 nitrogen and oxygen atoms in total. The van der Waals surface area contributed by atoms with Gasteiger partial charge in [0.2, 0.25) is 0 Å². The largest absolute Gasteiger partial charge is 0.381 e. The molecule has 1 aromatic heterocycles. The first-order valence-corrected chi connectivity index (χ1v) is 6.40. The molecule has 0 aliphatic heterocycles. The highest BCUT2D eigenvalue weighted by molar-refractivity contribution is 5.95. The molecular formula is C15H16FN3O. The van der Waals surface area contributed by atoms with E-state index in [1.165, 1.54) is 17.8 Å². The summed E-state index contributed by atoms with van der Waals surface area (Å²) in [6, 6.07) is 11.3. The Morgan fingerprint density at radius 1 is 1.25 bits per heavy atom. The number of pyridine rings is 1. The van der Waals surface area contributed by atoms with Gasteiger partial charge in [-0.15, -0.1) is 0 Å². The smallest absolute Gasteiger partial charge is 0.254 e. The van der Waals surface area contributed by atoms with Crippen LogP contribution in [0.25, 0.3) is 0 Å². The number of halogens is 1. The Balaban J connectivity index is 1.82. The van der Waals surface area contributed by atoms with Crippen LogP contribution in [0, 0.1) is 5.82 Å². The number of hydrogen-bond acceptors (Lipinski definition) is 3. The molecule has 0 aliphatic rings. The van der Waals surface area contributed by atoms with Gasteiger partial charge in [0.15, 0.2) is 11.6 Å². The van der Waals surface area contributed by atoms with E-state index in [1.807, 2.05) is 30.3 Å². The standard InChI is InChI=1S/C15H16FN3O/c16-13-12(8-10-18-14(13)17)15(20)19-9-4-7-11-5-2-1-3-6-11/h1-3,5-6,8,10H,4,7,9H2,(H2,17,18)(H,19,20). The van der Waals surface area contributed by atoms with Crippen molar-refractivity contribution < 1.29 is 9.18 Å². The highest BCUT2D eigenvalue weighted by Gasteiger charge is 2.13. The summed E-state index contributed by atoms with van der Waals surface area (Å²) in [7, 11) is 0. The Morgan fingerprint density at radius 2 is 2.00 bits per heavy atom. The van der Waals surface area contributed by atoms with E-state index in [0.717, 1.165) is 12.8 Å². The normalized spacial score (nSPS) is 10.2. The predicted molar refractivity (Wildman–Crippen MR) is 75.7 cm³/mol. The van der Waals surface area contributed by atoms with Crippen LogP contribution in [0.15, 0.2) is 42.6 Å². The number of aryl methyl sites for hydroxylation is 1. The molecule has 0 spiro atoms. The lowest BCUT2D eigenvalue weighted by Gasteiger charge is -2.07. The number of anilines is 1. The molecule has 2 rings (SSSR count). The maximum Gasteiger partial charge on any atom is 0.254 e. The van der Waals surface area contributed by atoms with Gasteiger partial charge in [0.1, 0.15) is 0 Å². The molecule has 0 unspecified atom stereocenters. The second-order valence-corrected chi connectivity index (χ2v) is 4.40. The minimum absolute atomic E-state index is 0.0720. The lowest BCUT2D eigenvalue weighted by atomic mass is 10.1. The van der Waals surface area contributed by atoms with Crippen molar-refractivity contribution in [2.24, 2.45) is 0 Å². The Hall–Kier alpha value is -2.43. The second-order valence-electron chi connectivity index (χ2n) is 4.40. The van der Waals surface area contributed by atoms with Gasteiger partial charge in [-0.1, -0.05) is 30.3 Å². The van der Waals surface area contributed by atoms with Gasteiger partial charge in [-0.2, -0.15) is 0 Å². The fourth-order valence-electron chi connectivity index (χ4n) is 1.87. The highest BCUT2D eigenvalue weighted by Crippen LogP contribution is 2.11. The Morgan fingerprint density at radius 3 is 2.75 bits per heavy atom. The van der Waals surface area contributed by atoms with Gasteiger partial charge in [0.25, 0.3) is 5.91 Å². The minimum Gasteiger partial charge on any atom is -0.381 e. The molecule has 0 atom stereocenters. The predicted octanol–water partition coefficient (Wildman–Crippen LogP) is 2.17. The van der Waals surface area contributed by atoms with Crippen LogP contribution in [-0.4, -0.2) is 17.4 Å². The number of carbonyl (C=O) groups is 1. The lowest BCUT2D eigenvalue weighted by Crippen LogP contribution is -2.26. The summed E-state index contributed by atoms with van der Waals surface area (Å²) < 4.78 is 13.6. The van der Waals surface area contributed by atoms with E-state index in [2.05, 4.69) is 10.3 Å². The number of nitrogens with two attached hydrogens (primary N) is 1. The zero-order chi connectivity index (χ0) is 14.4. The number of carbonyl (C=O) groups excluding carboxylic acids is 1. The highest BCUT2D eigenvalue weighted by atomic mass is 19.1. The van der Waals surface area contributed by atoms with Gasteiger partial charge in [-0.3, -0.25) is 4.79 Å². The molecule has 1 heterocycles. The van der Waals surface area contributed by atoms with E-state index < -0.39 is 11.7 Å². The summed E-state index contributed by atoms with van der Waals surface area (Å²) in [5, 5.41) is 2.67. The summed E-state index contributed by atoms with van der Waals surface area (Å²) >= 11 is 0. The molecule has 104 valence electrons. The number of amides is 1. The van der Waals surface area contributed by atoms with Crippen molar-refractivity contribution in [1.29, 1.82) is 0 Å². The fraction of sp³-hybridized carbons (Fsp3) is 0.200. The van der Waals surface area contributed by atoms with Crippen molar-refractivity contribution in [2.75, 3.05) is 12.3 Å². The lowest BCUT2D eigenvalue weighted by molar-refractivity contribution is 0.0949. The number of aromatic nitrogens is 1. The molecule has 2 aromatic rings. The number of nitrogen functional groups attached to an aromatic ring is 1. The van der Waals surface area contributed by atoms with E-state index in [-0.39, 0.29) is 11.4 Å². The van der Waals surface area contributed by atoms with Crippen LogP contribution in [0.2, 0.25) is 0 Å². The van der Waals surface area contributed by atoms with E-state index in [1.54, 1.807) is 0 Å². The first kappa shape index (κ1) is 14.0. The van der Waals surface area contributed by atoms with Crippen LogP contribution >= 0.6 is 0 Å². The topological polar surface area (TPSA) is 68.0 Å². The molecule has 3 N–H and O–H groups in total. The van der Waals surface area contributed by atoms with Crippen molar-refractivity contribution in [3.05, 3.63) is 59.5 Å². The van der Waals surface area contributed by atoms with E-state index in [0.29, 0.717) is 6.54 Å². The van der Waals surface area contributed by atoms with Crippen LogP contribution in [0.5, 0.6) is 0 Å². The summed E-state index contributed by atoms with van der Waals surface area (Å²) in [5.41, 5.74) is 6.46. The third-order valence-corrected chi connectivity index (χ3v) is 2.93. The molecule has 0 aliphatic carbocycles. The van der Waals surface area contributed by atoms with Gasteiger partial charge in [0, 0.05) is 12.7 Å². The van der Waals surface area contributed by atoms with Gasteiger partial charge in [0.05, 0.1) is 5.56 Å². The molecule has 0 bridgehead atoms. The van der Waals surface area contributed by atoms with Gasteiger partial charge >= 0.3 is 0 Å². The molecule has 0 radical (unpaired) electrons. The molecular weight excluding hydrogens is 257 g/mol. The van der Waals surface area contributed by atoms with Crippen LogP contribution in [0.3, 0.4) is 0 Å². The second kappa shape index (κ2) is 6.65. The Kier molecular flexibility index (Phi) is 4.65. The number of benzene rings is 1. The molecule has 0 saturated heterocycles. The minimum atomic E-state index is -0.770. The number of rotatable bonds is 5.